The van der Waals surface area contributed by atoms with Gasteiger partial charge in [-0.05, 0) is 38.1 Å². The average Bonchev–Trinajstić information content (AvgIpc) is 3.05. The second-order valence-corrected chi connectivity index (χ2v) is 6.88. The first kappa shape index (κ1) is 16.4. The van der Waals surface area contributed by atoms with Crippen molar-refractivity contribution < 1.29 is 17.9 Å². The zero-order chi connectivity index (χ0) is 17.2. The second kappa shape index (κ2) is 6.56. The maximum atomic E-state index is 12.5. The van der Waals surface area contributed by atoms with Crippen LogP contribution >= 0.6 is 0 Å². The number of nitrogens with one attached hydrogen (secondary N) is 1. The van der Waals surface area contributed by atoms with Crippen LogP contribution < -0.4 is 19.1 Å². The van der Waals surface area contributed by atoms with Gasteiger partial charge in [-0.25, -0.2) is 13.4 Å². The van der Waals surface area contributed by atoms with Crippen LogP contribution in [0.25, 0.3) is 0 Å². The van der Waals surface area contributed by atoms with Gasteiger partial charge in [-0.15, -0.1) is 0 Å². The predicted octanol–water partition coefficient (Wildman–Crippen LogP) is 2.46. The minimum Gasteiger partial charge on any atom is -0.454 e. The molecule has 8 heteroatoms. The number of fused-ring (bicyclic) bond motifs is 1. The molecule has 0 atom stereocenters. The molecule has 1 aromatic carbocycles. The van der Waals surface area contributed by atoms with Gasteiger partial charge in [0.05, 0.1) is 16.8 Å². The lowest BCUT2D eigenvalue weighted by Crippen LogP contribution is -2.22. The molecule has 0 saturated heterocycles. The van der Waals surface area contributed by atoms with Gasteiger partial charge in [-0.2, -0.15) is 0 Å². The number of pyridine rings is 1. The van der Waals surface area contributed by atoms with Gasteiger partial charge in [0, 0.05) is 19.2 Å². The van der Waals surface area contributed by atoms with Gasteiger partial charge in [0.2, 0.25) is 6.79 Å². The quantitative estimate of drug-likeness (QED) is 0.863. The van der Waals surface area contributed by atoms with E-state index in [1.165, 1.54) is 12.1 Å². The van der Waals surface area contributed by atoms with Crippen LogP contribution in [0.3, 0.4) is 0 Å². The first-order chi connectivity index (χ1) is 11.5. The number of hydrogen-bond acceptors (Lipinski definition) is 6. The van der Waals surface area contributed by atoms with Crippen molar-refractivity contribution in [3.05, 3.63) is 36.5 Å². The summed E-state index contributed by atoms with van der Waals surface area (Å²) < 4.78 is 37.8. The number of nitrogens with zero attached hydrogens (tertiary/aromatic N) is 2. The molecule has 0 unspecified atom stereocenters. The number of anilines is 2. The van der Waals surface area contributed by atoms with E-state index in [2.05, 4.69) is 28.5 Å². The first-order valence-electron chi connectivity index (χ1n) is 7.67. The van der Waals surface area contributed by atoms with Crippen LogP contribution in [0, 0.1) is 0 Å². The molecule has 1 N–H and O–H groups in total. The van der Waals surface area contributed by atoms with E-state index in [9.17, 15) is 8.42 Å². The number of hydrogen-bond donors (Lipinski definition) is 1. The van der Waals surface area contributed by atoms with E-state index in [0.29, 0.717) is 11.5 Å². The van der Waals surface area contributed by atoms with E-state index in [4.69, 9.17) is 9.47 Å². The number of sulfonamides is 1. The van der Waals surface area contributed by atoms with Crippen LogP contribution in [0.1, 0.15) is 13.8 Å². The molecule has 24 heavy (non-hydrogen) atoms. The molecular formula is C16H19N3O4S. The monoisotopic (exact) mass is 349 g/mol. The molecule has 3 rings (SSSR count). The second-order valence-electron chi connectivity index (χ2n) is 5.19. The molecule has 0 amide bonds. The van der Waals surface area contributed by atoms with Crippen molar-refractivity contribution in [2.45, 2.75) is 18.7 Å². The molecule has 0 aliphatic carbocycles. The largest absolute Gasteiger partial charge is 0.454 e. The highest BCUT2D eigenvalue weighted by Crippen LogP contribution is 2.34. The van der Waals surface area contributed by atoms with Crippen molar-refractivity contribution in [2.24, 2.45) is 0 Å². The summed E-state index contributed by atoms with van der Waals surface area (Å²) >= 11 is 0. The Balaban J connectivity index is 1.79. The molecule has 2 aromatic rings. The van der Waals surface area contributed by atoms with Gasteiger partial charge in [-0.1, -0.05) is 0 Å². The Labute approximate surface area is 141 Å². The third kappa shape index (κ3) is 3.23. The zero-order valence-electron chi connectivity index (χ0n) is 13.5. The molecule has 128 valence electrons. The minimum atomic E-state index is -3.74. The van der Waals surface area contributed by atoms with Crippen molar-refractivity contribution in [3.63, 3.8) is 0 Å². The number of aromatic nitrogens is 1. The van der Waals surface area contributed by atoms with Crippen molar-refractivity contribution in [1.82, 2.24) is 4.98 Å². The highest BCUT2D eigenvalue weighted by molar-refractivity contribution is 7.92. The fourth-order valence-electron chi connectivity index (χ4n) is 2.46. The predicted molar refractivity (Wildman–Crippen MR) is 91.2 cm³/mol. The molecule has 1 aliphatic rings. The number of ether oxygens (including phenoxy) is 2. The molecule has 1 aromatic heterocycles. The van der Waals surface area contributed by atoms with Crippen LogP contribution in [0.2, 0.25) is 0 Å². The molecule has 0 saturated carbocycles. The third-order valence-corrected chi connectivity index (χ3v) is 5.12. The lowest BCUT2D eigenvalue weighted by Gasteiger charge is -2.20. The summed E-state index contributed by atoms with van der Waals surface area (Å²) in [5.74, 6) is 1.22. The SMILES string of the molecule is CCN(CC)c1ccc(NS(=O)(=O)c2ccc3c(c2)OCO3)nc1. The Morgan fingerprint density at radius 1 is 1.12 bits per heavy atom. The maximum absolute atomic E-state index is 12.5. The van der Waals surface area contributed by atoms with Crippen LogP contribution in [0.5, 0.6) is 11.5 Å². The average molecular weight is 349 g/mol. The van der Waals surface area contributed by atoms with Crippen LogP contribution in [0.15, 0.2) is 41.4 Å². The summed E-state index contributed by atoms with van der Waals surface area (Å²) in [5, 5.41) is 0. The van der Waals surface area contributed by atoms with Crippen LogP contribution in [0.4, 0.5) is 11.5 Å². The summed E-state index contributed by atoms with van der Waals surface area (Å²) in [4.78, 5) is 6.42. The van der Waals surface area contributed by atoms with E-state index in [0.717, 1.165) is 18.8 Å². The van der Waals surface area contributed by atoms with E-state index < -0.39 is 10.0 Å². The fraction of sp³-hybridized carbons (Fsp3) is 0.312. The minimum absolute atomic E-state index is 0.0979. The Hall–Kier alpha value is -2.48. The molecule has 0 bridgehead atoms. The van der Waals surface area contributed by atoms with E-state index in [1.807, 2.05) is 6.07 Å². The Morgan fingerprint density at radius 3 is 2.54 bits per heavy atom. The van der Waals surface area contributed by atoms with Gasteiger partial charge >= 0.3 is 0 Å². The van der Waals surface area contributed by atoms with Crippen molar-refractivity contribution in [2.75, 3.05) is 29.5 Å². The Kier molecular flexibility index (Phi) is 4.48. The van der Waals surface area contributed by atoms with Crippen molar-refractivity contribution >= 4 is 21.5 Å². The third-order valence-electron chi connectivity index (χ3n) is 3.77. The fourth-order valence-corrected chi connectivity index (χ4v) is 3.49. The molecule has 2 heterocycles. The van der Waals surface area contributed by atoms with E-state index in [-0.39, 0.29) is 17.5 Å². The van der Waals surface area contributed by atoms with Gasteiger partial charge in [-0.3, -0.25) is 4.72 Å². The molecule has 0 radical (unpaired) electrons. The van der Waals surface area contributed by atoms with Gasteiger partial charge in [0.1, 0.15) is 5.82 Å². The van der Waals surface area contributed by atoms with Gasteiger partial charge < -0.3 is 14.4 Å². The molecular weight excluding hydrogens is 330 g/mol. The zero-order valence-corrected chi connectivity index (χ0v) is 14.3. The highest BCUT2D eigenvalue weighted by atomic mass is 32.2. The van der Waals surface area contributed by atoms with Crippen molar-refractivity contribution in [3.8, 4) is 11.5 Å². The van der Waals surface area contributed by atoms with Crippen LogP contribution in [-0.4, -0.2) is 33.3 Å². The lowest BCUT2D eigenvalue weighted by molar-refractivity contribution is 0.174. The highest BCUT2D eigenvalue weighted by Gasteiger charge is 2.20. The smallest absolute Gasteiger partial charge is 0.263 e. The molecule has 0 spiro atoms. The van der Waals surface area contributed by atoms with Crippen LogP contribution in [-0.2, 0) is 10.0 Å². The summed E-state index contributed by atoms with van der Waals surface area (Å²) in [6.45, 7) is 5.93. The Morgan fingerprint density at radius 2 is 1.88 bits per heavy atom. The first-order valence-corrected chi connectivity index (χ1v) is 9.15. The summed E-state index contributed by atoms with van der Waals surface area (Å²) in [5.41, 5.74) is 0.950. The Bertz CT molecular complexity index is 818. The molecule has 1 aliphatic heterocycles. The summed E-state index contributed by atoms with van der Waals surface area (Å²) in [7, 11) is -3.74. The molecule has 7 nitrogen and oxygen atoms in total. The number of rotatable bonds is 6. The van der Waals surface area contributed by atoms with E-state index in [1.54, 1.807) is 18.3 Å². The standard InChI is InChI=1S/C16H19N3O4S/c1-3-19(4-2)12-5-8-16(17-10-12)18-24(20,21)13-6-7-14-15(9-13)23-11-22-14/h5-10H,3-4,11H2,1-2H3,(H,17,18). The van der Waals surface area contributed by atoms with Gasteiger partial charge in [0.15, 0.2) is 11.5 Å². The van der Waals surface area contributed by atoms with Gasteiger partial charge in [0.25, 0.3) is 10.0 Å². The summed E-state index contributed by atoms with van der Waals surface area (Å²) in [6, 6.07) is 7.98. The topological polar surface area (TPSA) is 80.8 Å². The number of benzene rings is 1. The molecule has 0 fully saturated rings. The maximum Gasteiger partial charge on any atom is 0.263 e. The van der Waals surface area contributed by atoms with Crippen molar-refractivity contribution in [1.29, 1.82) is 0 Å². The lowest BCUT2D eigenvalue weighted by atomic mass is 10.3. The normalized spacial score (nSPS) is 12.9. The van der Waals surface area contributed by atoms with E-state index >= 15 is 0 Å². The summed E-state index contributed by atoms with van der Waals surface area (Å²) in [6.07, 6.45) is 1.66.